The molecule has 3 nitrogen and oxygen atoms in total. The summed E-state index contributed by atoms with van der Waals surface area (Å²) in [6, 6.07) is 16.5. The van der Waals surface area contributed by atoms with E-state index >= 15 is 0 Å². The van der Waals surface area contributed by atoms with Crippen molar-refractivity contribution >= 4 is 23.4 Å². The van der Waals surface area contributed by atoms with Gasteiger partial charge in [0.05, 0.1) is 0 Å². The van der Waals surface area contributed by atoms with Gasteiger partial charge in [-0.2, -0.15) is 13.2 Å². The molecule has 1 N–H and O–H groups in total. The highest BCUT2D eigenvalue weighted by molar-refractivity contribution is 7.99. The zero-order valence-corrected chi connectivity index (χ0v) is 16.5. The molecule has 1 heterocycles. The first-order chi connectivity index (χ1) is 13.1. The molecule has 3 rings (SSSR count). The Morgan fingerprint density at radius 1 is 0.893 bits per heavy atom. The molecule has 28 heavy (non-hydrogen) atoms. The molecule has 0 aliphatic carbocycles. The summed E-state index contributed by atoms with van der Waals surface area (Å²) >= 11 is 0.961. The molecule has 7 heteroatoms. The molecule has 0 saturated carbocycles. The minimum absolute atomic E-state index is 0.0167. The van der Waals surface area contributed by atoms with Crippen molar-refractivity contribution in [2.45, 2.75) is 42.3 Å². The van der Waals surface area contributed by atoms with Crippen molar-refractivity contribution in [3.63, 3.8) is 0 Å². The van der Waals surface area contributed by atoms with Gasteiger partial charge in [0.25, 0.3) is 0 Å². The third-order valence-corrected chi connectivity index (χ3v) is 5.04. The molecule has 0 amide bonds. The lowest BCUT2D eigenvalue weighted by Gasteiger charge is -2.19. The fourth-order valence-corrected chi connectivity index (χ4v) is 3.41. The Morgan fingerprint density at radius 3 is 2.11 bits per heavy atom. The van der Waals surface area contributed by atoms with Crippen LogP contribution in [0.15, 0.2) is 70.7 Å². The van der Waals surface area contributed by atoms with Crippen LogP contribution in [0.25, 0.3) is 0 Å². The van der Waals surface area contributed by atoms with Crippen molar-refractivity contribution < 1.29 is 13.2 Å². The van der Waals surface area contributed by atoms with Crippen LogP contribution in [0.1, 0.15) is 31.9 Å². The van der Waals surface area contributed by atoms with Crippen molar-refractivity contribution in [2.24, 2.45) is 0 Å². The summed E-state index contributed by atoms with van der Waals surface area (Å²) < 4.78 is 40.1. The second-order valence-electron chi connectivity index (χ2n) is 7.28. The lowest BCUT2D eigenvalue weighted by Crippen LogP contribution is -2.11. The normalized spacial score (nSPS) is 12.1. The number of aromatic nitrogens is 2. The van der Waals surface area contributed by atoms with E-state index in [2.05, 4.69) is 36.1 Å². The summed E-state index contributed by atoms with van der Waals surface area (Å²) in [5.41, 5.74) is 1.04. The van der Waals surface area contributed by atoms with Crippen molar-refractivity contribution in [3.05, 3.63) is 71.9 Å². The lowest BCUT2D eigenvalue weighted by atomic mass is 9.87. The van der Waals surface area contributed by atoms with Gasteiger partial charge in [0.2, 0.25) is 5.95 Å². The first-order valence-electron chi connectivity index (χ1n) is 8.67. The fraction of sp³-hybridized carbons (Fsp3) is 0.238. The largest absolute Gasteiger partial charge is 0.420 e. The molecule has 0 aliphatic rings. The third-order valence-electron chi connectivity index (χ3n) is 4.02. The van der Waals surface area contributed by atoms with E-state index in [1.165, 1.54) is 0 Å². The number of rotatable bonds is 4. The van der Waals surface area contributed by atoms with Crippen LogP contribution in [0.3, 0.4) is 0 Å². The summed E-state index contributed by atoms with van der Waals surface area (Å²) in [6.45, 7) is 6.34. The van der Waals surface area contributed by atoms with E-state index in [9.17, 15) is 13.2 Å². The number of benzene rings is 2. The van der Waals surface area contributed by atoms with Crippen LogP contribution in [0.4, 0.5) is 24.8 Å². The van der Waals surface area contributed by atoms with Gasteiger partial charge < -0.3 is 5.32 Å². The first kappa shape index (κ1) is 20.2. The zero-order valence-electron chi connectivity index (χ0n) is 15.7. The number of hydrogen-bond donors (Lipinski definition) is 1. The minimum Gasteiger partial charge on any atom is -0.324 e. The van der Waals surface area contributed by atoms with Gasteiger partial charge in [-0.1, -0.05) is 62.9 Å². The second-order valence-corrected chi connectivity index (χ2v) is 8.34. The van der Waals surface area contributed by atoms with Gasteiger partial charge in [-0.25, -0.2) is 9.97 Å². The van der Waals surface area contributed by atoms with E-state index in [1.807, 2.05) is 30.3 Å². The van der Waals surface area contributed by atoms with Crippen molar-refractivity contribution in [2.75, 3.05) is 5.32 Å². The predicted octanol–water partition coefficient (Wildman–Crippen LogP) is 6.69. The molecule has 0 radical (unpaired) electrons. The van der Waals surface area contributed by atoms with E-state index in [4.69, 9.17) is 0 Å². The monoisotopic (exact) mass is 403 g/mol. The Morgan fingerprint density at radius 2 is 1.54 bits per heavy atom. The number of anilines is 2. The van der Waals surface area contributed by atoms with Gasteiger partial charge >= 0.3 is 6.18 Å². The summed E-state index contributed by atoms with van der Waals surface area (Å²) in [5.74, 6) is 0.120. The van der Waals surface area contributed by atoms with Crippen molar-refractivity contribution in [1.82, 2.24) is 9.97 Å². The molecule has 0 unspecified atom stereocenters. The molecule has 3 aromatic rings. The van der Waals surface area contributed by atoms with Crippen LogP contribution in [0.2, 0.25) is 0 Å². The Labute approximate surface area is 166 Å². The molecule has 0 bridgehead atoms. The van der Waals surface area contributed by atoms with E-state index in [0.717, 1.165) is 23.5 Å². The molecule has 0 aliphatic heterocycles. The van der Waals surface area contributed by atoms with Crippen LogP contribution in [0, 0.1) is 0 Å². The fourth-order valence-electron chi connectivity index (χ4n) is 2.48. The number of nitrogens with one attached hydrogen (secondary N) is 1. The first-order valence-corrected chi connectivity index (χ1v) is 9.49. The molecule has 0 spiro atoms. The van der Waals surface area contributed by atoms with Gasteiger partial charge in [0.15, 0.2) is 0 Å². The van der Waals surface area contributed by atoms with Crippen LogP contribution in [-0.4, -0.2) is 9.97 Å². The van der Waals surface area contributed by atoms with Gasteiger partial charge in [-0.15, -0.1) is 0 Å². The highest BCUT2D eigenvalue weighted by Crippen LogP contribution is 2.38. The standard InChI is InChI=1S/C21H20F3N3S/c1-20(2,3)14-9-11-15(12-10-14)26-19-25-13-17(21(22,23)24)18(27-19)28-16-7-5-4-6-8-16/h4-13H,1-3H3,(H,25,26,27). The van der Waals surface area contributed by atoms with Gasteiger partial charge in [0.1, 0.15) is 10.6 Å². The average molecular weight is 403 g/mol. The molecule has 146 valence electrons. The number of nitrogens with zero attached hydrogens (tertiary/aromatic N) is 2. The predicted molar refractivity (Wildman–Crippen MR) is 106 cm³/mol. The van der Waals surface area contributed by atoms with Gasteiger partial charge in [0, 0.05) is 16.8 Å². The van der Waals surface area contributed by atoms with E-state index in [1.54, 1.807) is 24.3 Å². The van der Waals surface area contributed by atoms with E-state index in [0.29, 0.717) is 10.6 Å². The molecular formula is C21H20F3N3S. The summed E-state index contributed by atoms with van der Waals surface area (Å²) in [6.07, 6.45) is -3.70. The molecular weight excluding hydrogens is 383 g/mol. The summed E-state index contributed by atoms with van der Waals surface area (Å²) in [7, 11) is 0. The average Bonchev–Trinajstić information content (AvgIpc) is 2.61. The minimum atomic E-state index is -4.52. The lowest BCUT2D eigenvalue weighted by molar-refractivity contribution is -0.140. The van der Waals surface area contributed by atoms with E-state index < -0.39 is 11.7 Å². The Bertz CT molecular complexity index is 934. The zero-order chi connectivity index (χ0) is 20.4. The van der Waals surface area contributed by atoms with Crippen molar-refractivity contribution in [3.8, 4) is 0 Å². The second kappa shape index (κ2) is 7.83. The smallest absolute Gasteiger partial charge is 0.324 e. The maximum absolute atomic E-state index is 13.4. The van der Waals surface area contributed by atoms with Gasteiger partial charge in [-0.3, -0.25) is 0 Å². The SMILES string of the molecule is CC(C)(C)c1ccc(Nc2ncc(C(F)(F)F)c(Sc3ccccc3)n2)cc1. The summed E-state index contributed by atoms with van der Waals surface area (Å²) in [4.78, 5) is 8.65. The third kappa shape index (κ3) is 5.04. The Hall–Kier alpha value is -2.54. The van der Waals surface area contributed by atoms with Crippen LogP contribution in [0.5, 0.6) is 0 Å². The topological polar surface area (TPSA) is 37.8 Å². The molecule has 0 fully saturated rings. The number of hydrogen-bond acceptors (Lipinski definition) is 4. The molecule has 0 atom stereocenters. The maximum atomic E-state index is 13.4. The van der Waals surface area contributed by atoms with Crippen LogP contribution >= 0.6 is 11.8 Å². The Balaban J connectivity index is 1.89. The highest BCUT2D eigenvalue weighted by Gasteiger charge is 2.35. The van der Waals surface area contributed by atoms with Crippen molar-refractivity contribution in [1.29, 1.82) is 0 Å². The Kier molecular flexibility index (Phi) is 5.65. The molecule has 2 aromatic carbocycles. The van der Waals surface area contributed by atoms with E-state index in [-0.39, 0.29) is 16.4 Å². The maximum Gasteiger partial charge on any atom is 0.420 e. The summed E-state index contributed by atoms with van der Waals surface area (Å²) in [5, 5.41) is 2.85. The number of halogens is 3. The number of alkyl halides is 3. The van der Waals surface area contributed by atoms with Crippen LogP contribution in [-0.2, 0) is 11.6 Å². The quantitative estimate of drug-likeness (QED) is 0.493. The molecule has 0 saturated heterocycles. The van der Waals surface area contributed by atoms with Crippen LogP contribution < -0.4 is 5.32 Å². The molecule has 1 aromatic heterocycles. The van der Waals surface area contributed by atoms with Gasteiger partial charge in [-0.05, 0) is 35.2 Å². The highest BCUT2D eigenvalue weighted by atomic mass is 32.2.